The first-order chi connectivity index (χ1) is 26.4. The maximum absolute atomic E-state index is 16.1. The van der Waals surface area contributed by atoms with Crippen molar-refractivity contribution in [3.05, 3.63) is 175 Å². The van der Waals surface area contributed by atoms with Gasteiger partial charge in [0.2, 0.25) is 0 Å². The van der Waals surface area contributed by atoms with Crippen molar-refractivity contribution in [1.29, 1.82) is 0 Å². The second kappa shape index (κ2) is 11.2. The Kier molecular flexibility index (Phi) is 6.56. The summed E-state index contributed by atoms with van der Waals surface area (Å²) in [6, 6.07) is 56.3. The van der Waals surface area contributed by atoms with Gasteiger partial charge in [-0.2, -0.15) is 0 Å². The first kappa shape index (κ1) is 31.5. The number of rotatable bonds is 4. The van der Waals surface area contributed by atoms with Crippen LogP contribution in [0.1, 0.15) is 37.7 Å². The minimum Gasteiger partial charge on any atom is -0.308 e. The average molecular weight is 713 g/mol. The van der Waals surface area contributed by atoms with Crippen LogP contribution < -0.4 is 15.9 Å². The number of aromatic nitrogens is 2. The molecular formula is C50H37N2OP. The third-order valence-corrected chi connectivity index (χ3v) is 15.3. The quantitative estimate of drug-likeness (QED) is 0.134. The molecule has 9 aromatic rings. The molecule has 2 heterocycles. The topological polar surface area (TPSA) is 34.9 Å². The average Bonchev–Trinajstić information content (AvgIpc) is 3.71. The second-order valence-electron chi connectivity index (χ2n) is 15.3. The Morgan fingerprint density at radius 1 is 0.574 bits per heavy atom. The number of aryl methyl sites for hydroxylation is 1. The van der Waals surface area contributed by atoms with Gasteiger partial charge in [-0.3, -0.25) is 4.57 Å². The van der Waals surface area contributed by atoms with Crippen LogP contribution in [0.2, 0.25) is 0 Å². The van der Waals surface area contributed by atoms with Gasteiger partial charge in [-0.1, -0.05) is 154 Å². The highest BCUT2D eigenvalue weighted by Gasteiger charge is 2.41. The fourth-order valence-electron chi connectivity index (χ4n) is 9.75. The Bertz CT molecular complexity index is 3040. The molecule has 11 rings (SSSR count). The fourth-order valence-corrected chi connectivity index (χ4v) is 12.8. The van der Waals surface area contributed by atoms with Gasteiger partial charge in [-0.05, 0) is 84.8 Å². The van der Waals surface area contributed by atoms with E-state index >= 15 is 4.57 Å². The van der Waals surface area contributed by atoms with E-state index in [1.54, 1.807) is 0 Å². The van der Waals surface area contributed by atoms with E-state index in [1.807, 2.05) is 36.4 Å². The third-order valence-electron chi connectivity index (χ3n) is 12.2. The molecule has 0 fully saturated rings. The zero-order valence-electron chi connectivity index (χ0n) is 30.5. The summed E-state index contributed by atoms with van der Waals surface area (Å²) in [6.07, 6.45) is 0.747. The molecule has 0 N–H and O–H groups in total. The Balaban J connectivity index is 1.25. The molecule has 4 heteroatoms. The molecule has 0 saturated carbocycles. The Hall–Kier alpha value is -6.02. The molecule has 0 radical (unpaired) electrons. The molecule has 1 aliphatic heterocycles. The molecule has 1 atom stereocenters. The molecule has 0 amide bonds. The standard InChI is InChI=1S/C50H37N2OP/c1-4-45-51-42-25-15-27-44-49(42)52(45)48-39(23-14-26-43(48)54(44,53)32-16-6-5-7-17-32)47-37-21-10-8-19-35(37)46(36-20-9-11-22-38(36)47)31-28-29-34-33-18-12-13-24-40(33)50(2,3)41(34)30-31/h5-30H,4H2,1-3H3. The summed E-state index contributed by atoms with van der Waals surface area (Å²) in [5, 5.41) is 7.30. The number of para-hydroxylation sites is 2. The van der Waals surface area contributed by atoms with Gasteiger partial charge in [-0.25, -0.2) is 4.98 Å². The van der Waals surface area contributed by atoms with Crippen LogP contribution in [0.4, 0.5) is 0 Å². The van der Waals surface area contributed by atoms with Gasteiger partial charge < -0.3 is 4.57 Å². The van der Waals surface area contributed by atoms with Crippen molar-refractivity contribution in [3.63, 3.8) is 0 Å². The van der Waals surface area contributed by atoms with Crippen molar-refractivity contribution in [1.82, 2.24) is 9.55 Å². The Morgan fingerprint density at radius 2 is 1.17 bits per heavy atom. The van der Waals surface area contributed by atoms with E-state index in [1.165, 1.54) is 54.9 Å². The zero-order chi connectivity index (χ0) is 36.3. The lowest BCUT2D eigenvalue weighted by Gasteiger charge is -2.31. The Labute approximate surface area is 315 Å². The van der Waals surface area contributed by atoms with E-state index in [0.717, 1.165) is 56.0 Å². The number of hydrogen-bond acceptors (Lipinski definition) is 2. The maximum Gasteiger partial charge on any atom is 0.175 e. The molecule has 258 valence electrons. The van der Waals surface area contributed by atoms with E-state index in [9.17, 15) is 0 Å². The van der Waals surface area contributed by atoms with E-state index in [-0.39, 0.29) is 5.41 Å². The highest BCUT2D eigenvalue weighted by Crippen LogP contribution is 2.54. The SMILES string of the molecule is CCc1nc2cccc3c2n1-c1c(-c2c4ccccc4c(-c4ccc5c(c4)C(C)(C)c4ccccc4-5)c4ccccc24)cccc1P3(=O)c1ccccc1. The largest absolute Gasteiger partial charge is 0.308 e. The van der Waals surface area contributed by atoms with Crippen LogP contribution in [0.5, 0.6) is 0 Å². The summed E-state index contributed by atoms with van der Waals surface area (Å²) in [5.41, 5.74) is 12.8. The molecule has 1 aromatic heterocycles. The summed E-state index contributed by atoms with van der Waals surface area (Å²) in [4.78, 5) is 5.17. The molecule has 0 saturated heterocycles. The normalized spacial score (nSPS) is 16.4. The van der Waals surface area contributed by atoms with Crippen LogP contribution in [0.25, 0.3) is 71.6 Å². The van der Waals surface area contributed by atoms with Crippen LogP contribution >= 0.6 is 7.14 Å². The number of benzene rings is 8. The van der Waals surface area contributed by atoms with Crippen LogP contribution in [-0.4, -0.2) is 9.55 Å². The van der Waals surface area contributed by atoms with Crippen molar-refractivity contribution < 1.29 is 4.57 Å². The summed E-state index contributed by atoms with van der Waals surface area (Å²) >= 11 is 0. The summed E-state index contributed by atoms with van der Waals surface area (Å²) in [5.74, 6) is 0.970. The lowest BCUT2D eigenvalue weighted by atomic mass is 9.80. The minimum absolute atomic E-state index is 0.104. The minimum atomic E-state index is -3.29. The third kappa shape index (κ3) is 4.03. The van der Waals surface area contributed by atoms with Crippen molar-refractivity contribution in [2.45, 2.75) is 32.6 Å². The molecular weight excluding hydrogens is 676 g/mol. The van der Waals surface area contributed by atoms with Crippen LogP contribution in [0.15, 0.2) is 158 Å². The molecule has 54 heavy (non-hydrogen) atoms. The van der Waals surface area contributed by atoms with Gasteiger partial charge in [-0.15, -0.1) is 0 Å². The van der Waals surface area contributed by atoms with Crippen molar-refractivity contribution in [3.8, 4) is 39.1 Å². The van der Waals surface area contributed by atoms with E-state index < -0.39 is 7.14 Å². The smallest absolute Gasteiger partial charge is 0.175 e. The number of fused-ring (bicyclic) bond motifs is 7. The highest BCUT2D eigenvalue weighted by molar-refractivity contribution is 7.86. The fraction of sp³-hybridized carbons (Fsp3) is 0.100. The number of hydrogen-bond donors (Lipinski definition) is 0. The molecule has 0 spiro atoms. The second-order valence-corrected chi connectivity index (χ2v) is 18.0. The predicted molar refractivity (Wildman–Crippen MR) is 227 cm³/mol. The monoisotopic (exact) mass is 712 g/mol. The van der Waals surface area contributed by atoms with Gasteiger partial charge in [0.05, 0.1) is 16.7 Å². The van der Waals surface area contributed by atoms with Gasteiger partial charge in [0.25, 0.3) is 0 Å². The van der Waals surface area contributed by atoms with E-state index in [0.29, 0.717) is 0 Å². The number of imidazole rings is 1. The van der Waals surface area contributed by atoms with Crippen molar-refractivity contribution in [2.24, 2.45) is 0 Å². The molecule has 3 nitrogen and oxygen atoms in total. The van der Waals surface area contributed by atoms with Gasteiger partial charge in [0.1, 0.15) is 5.82 Å². The van der Waals surface area contributed by atoms with Crippen LogP contribution in [0.3, 0.4) is 0 Å². The van der Waals surface area contributed by atoms with Gasteiger partial charge in [0.15, 0.2) is 7.14 Å². The van der Waals surface area contributed by atoms with Crippen LogP contribution in [0, 0.1) is 0 Å². The molecule has 0 bridgehead atoms. The summed E-state index contributed by atoms with van der Waals surface area (Å²) in [7, 11) is -3.29. The van der Waals surface area contributed by atoms with Crippen molar-refractivity contribution >= 4 is 55.6 Å². The Morgan fingerprint density at radius 3 is 1.89 bits per heavy atom. The molecule has 1 unspecified atom stereocenters. The lowest BCUT2D eigenvalue weighted by Crippen LogP contribution is -2.33. The summed E-state index contributed by atoms with van der Waals surface area (Å²) in [6.45, 7) is 6.86. The van der Waals surface area contributed by atoms with E-state index in [4.69, 9.17) is 4.98 Å². The first-order valence-corrected chi connectivity index (χ1v) is 20.6. The van der Waals surface area contributed by atoms with Gasteiger partial charge >= 0.3 is 0 Å². The zero-order valence-corrected chi connectivity index (χ0v) is 31.4. The predicted octanol–water partition coefficient (Wildman–Crippen LogP) is 11.5. The highest BCUT2D eigenvalue weighted by atomic mass is 31.2. The van der Waals surface area contributed by atoms with E-state index in [2.05, 4.69) is 147 Å². The van der Waals surface area contributed by atoms with Crippen molar-refractivity contribution in [2.75, 3.05) is 0 Å². The first-order valence-electron chi connectivity index (χ1n) is 18.9. The number of nitrogens with zero attached hydrogens (tertiary/aromatic N) is 2. The molecule has 8 aromatic carbocycles. The lowest BCUT2D eigenvalue weighted by molar-refractivity contribution is 0.592. The van der Waals surface area contributed by atoms with Gasteiger partial charge in [0, 0.05) is 33.3 Å². The summed E-state index contributed by atoms with van der Waals surface area (Å²) < 4.78 is 18.4. The molecule has 1 aliphatic carbocycles. The maximum atomic E-state index is 16.1. The molecule has 2 aliphatic rings. The van der Waals surface area contributed by atoms with Crippen LogP contribution in [-0.2, 0) is 16.4 Å².